The fourth-order valence-corrected chi connectivity index (χ4v) is 1.09. The topological polar surface area (TPSA) is 97.7 Å². The molecule has 0 bridgehead atoms. The molecule has 0 aromatic carbocycles. The summed E-state index contributed by atoms with van der Waals surface area (Å²) >= 11 is 0. The van der Waals surface area contributed by atoms with E-state index in [0.717, 1.165) is 0 Å². The lowest BCUT2D eigenvalue weighted by molar-refractivity contribution is -0.897. The summed E-state index contributed by atoms with van der Waals surface area (Å²) in [5.41, 5.74) is 0. The first-order valence-corrected chi connectivity index (χ1v) is 3.76. The van der Waals surface area contributed by atoms with Gasteiger partial charge in [-0.1, -0.05) is 0 Å². The Hall–Kier alpha value is -1.14. The number of aliphatic hydroxyl groups is 1. The molecule has 0 saturated carbocycles. The number of carbonyl (C=O) groups is 2. The van der Waals surface area contributed by atoms with E-state index in [9.17, 15) is 14.7 Å². The summed E-state index contributed by atoms with van der Waals surface area (Å²) in [7, 11) is 1.44. The number of carbonyl (C=O) groups excluding carboxylic acids is 1. The van der Waals surface area contributed by atoms with E-state index in [1.54, 1.807) is 0 Å². The highest BCUT2D eigenvalue weighted by Gasteiger charge is 2.24. The zero-order chi connectivity index (χ0) is 10.5. The average molecular weight is 191 g/mol. The van der Waals surface area contributed by atoms with E-state index in [-0.39, 0.29) is 24.2 Å². The molecule has 0 radical (unpaired) electrons. The number of nitrogens with zero attached hydrogens (tertiary/aromatic N) is 1. The van der Waals surface area contributed by atoms with Crippen molar-refractivity contribution in [3.8, 4) is 0 Å². The molecule has 0 amide bonds. The fourth-order valence-electron chi connectivity index (χ4n) is 1.09. The van der Waals surface area contributed by atoms with E-state index in [4.69, 9.17) is 10.2 Å². The Morgan fingerprint density at radius 1 is 1.38 bits per heavy atom. The van der Waals surface area contributed by atoms with E-state index in [1.165, 1.54) is 7.05 Å². The van der Waals surface area contributed by atoms with Crippen LogP contribution >= 0.6 is 0 Å². The lowest BCUT2D eigenvalue weighted by atomic mass is 10.3. The van der Waals surface area contributed by atoms with Crippen LogP contribution in [0.1, 0.15) is 0 Å². The second-order valence-electron chi connectivity index (χ2n) is 3.15. The SMILES string of the molecule is C[N+](CCO)(CC(=O)[O-])CC(=O)O. The number of aliphatic hydroxyl groups excluding tert-OH is 1. The number of carboxylic acids is 2. The molecule has 0 aromatic rings. The van der Waals surface area contributed by atoms with Crippen LogP contribution < -0.4 is 5.11 Å². The van der Waals surface area contributed by atoms with E-state index in [0.29, 0.717) is 0 Å². The maximum Gasteiger partial charge on any atom is 0.359 e. The molecule has 0 aliphatic heterocycles. The van der Waals surface area contributed by atoms with Gasteiger partial charge in [-0.25, -0.2) is 4.79 Å². The molecule has 0 spiro atoms. The number of carboxylic acid groups (broad SMARTS) is 2. The van der Waals surface area contributed by atoms with Crippen molar-refractivity contribution in [1.82, 2.24) is 0 Å². The molecule has 0 fully saturated rings. The van der Waals surface area contributed by atoms with Crippen LogP contribution in [0.3, 0.4) is 0 Å². The van der Waals surface area contributed by atoms with Crippen molar-refractivity contribution in [2.24, 2.45) is 0 Å². The summed E-state index contributed by atoms with van der Waals surface area (Å²) in [5.74, 6) is -2.42. The third-order valence-corrected chi connectivity index (χ3v) is 1.67. The Morgan fingerprint density at radius 2 is 1.92 bits per heavy atom. The minimum atomic E-state index is -1.32. The lowest BCUT2D eigenvalue weighted by Crippen LogP contribution is -2.55. The van der Waals surface area contributed by atoms with E-state index < -0.39 is 18.5 Å². The van der Waals surface area contributed by atoms with Crippen molar-refractivity contribution in [1.29, 1.82) is 0 Å². The second-order valence-corrected chi connectivity index (χ2v) is 3.15. The highest BCUT2D eigenvalue weighted by Crippen LogP contribution is 2.00. The van der Waals surface area contributed by atoms with Crippen molar-refractivity contribution in [3.05, 3.63) is 0 Å². The predicted molar refractivity (Wildman–Crippen MR) is 40.5 cm³/mol. The highest BCUT2D eigenvalue weighted by molar-refractivity contribution is 5.69. The molecule has 0 rings (SSSR count). The number of quaternary nitrogens is 1. The molecule has 0 heterocycles. The van der Waals surface area contributed by atoms with Crippen molar-refractivity contribution in [2.45, 2.75) is 0 Å². The fraction of sp³-hybridized carbons (Fsp3) is 0.714. The molecule has 1 atom stereocenters. The Labute approximate surface area is 75.6 Å². The minimum Gasteiger partial charge on any atom is -0.544 e. The molecule has 2 N–H and O–H groups in total. The Balaban J connectivity index is 4.32. The van der Waals surface area contributed by atoms with E-state index in [1.807, 2.05) is 0 Å². The molecule has 76 valence electrons. The van der Waals surface area contributed by atoms with Gasteiger partial charge in [-0.15, -0.1) is 0 Å². The predicted octanol–water partition coefficient (Wildman–Crippen LogP) is -2.74. The third-order valence-electron chi connectivity index (χ3n) is 1.67. The van der Waals surface area contributed by atoms with E-state index in [2.05, 4.69) is 0 Å². The molecule has 0 saturated heterocycles. The summed E-state index contributed by atoms with van der Waals surface area (Å²) in [6.45, 7) is -0.918. The summed E-state index contributed by atoms with van der Waals surface area (Å²) in [4.78, 5) is 20.6. The van der Waals surface area contributed by atoms with Crippen LogP contribution in [0.4, 0.5) is 0 Å². The van der Waals surface area contributed by atoms with E-state index >= 15 is 0 Å². The molecular formula is C7H13NO5. The average Bonchev–Trinajstić information content (AvgIpc) is 1.81. The Morgan fingerprint density at radius 3 is 2.23 bits per heavy atom. The highest BCUT2D eigenvalue weighted by atomic mass is 16.4. The molecule has 13 heavy (non-hydrogen) atoms. The standard InChI is InChI=1S/C7H13NO5/c1-8(2-3-9,4-6(10)11)5-7(12)13/h9H,2-5H2,1H3,(H-,10,11,12,13). The van der Waals surface area contributed by atoms with Gasteiger partial charge in [0, 0.05) is 0 Å². The first-order chi connectivity index (χ1) is 5.89. The zero-order valence-electron chi connectivity index (χ0n) is 7.39. The van der Waals surface area contributed by atoms with Gasteiger partial charge in [0.2, 0.25) is 0 Å². The summed E-state index contributed by atoms with van der Waals surface area (Å²) in [6, 6.07) is 0. The van der Waals surface area contributed by atoms with Crippen LogP contribution in [0.25, 0.3) is 0 Å². The van der Waals surface area contributed by atoms with Crippen molar-refractivity contribution in [2.75, 3.05) is 33.3 Å². The van der Waals surface area contributed by atoms with Gasteiger partial charge in [0.1, 0.15) is 13.1 Å². The first-order valence-electron chi connectivity index (χ1n) is 3.76. The van der Waals surface area contributed by atoms with Crippen LogP contribution in [-0.4, -0.2) is 59.9 Å². The molecule has 6 nitrogen and oxygen atoms in total. The van der Waals surface area contributed by atoms with Crippen molar-refractivity contribution < 1.29 is 29.4 Å². The van der Waals surface area contributed by atoms with Gasteiger partial charge in [0.15, 0.2) is 6.54 Å². The van der Waals surface area contributed by atoms with Gasteiger partial charge in [0.05, 0.1) is 19.6 Å². The van der Waals surface area contributed by atoms with Gasteiger partial charge in [-0.3, -0.25) is 0 Å². The monoisotopic (exact) mass is 191 g/mol. The van der Waals surface area contributed by atoms with Gasteiger partial charge >= 0.3 is 5.97 Å². The molecule has 0 aliphatic carbocycles. The number of hydrogen-bond acceptors (Lipinski definition) is 4. The molecule has 0 aliphatic rings. The number of hydrogen-bond donors (Lipinski definition) is 2. The summed E-state index contributed by atoms with van der Waals surface area (Å²) in [6.07, 6.45) is 0. The van der Waals surface area contributed by atoms with Gasteiger partial charge < -0.3 is 24.6 Å². The number of rotatable bonds is 6. The molecule has 6 heteroatoms. The summed E-state index contributed by atoms with van der Waals surface area (Å²) < 4.78 is -0.256. The lowest BCUT2D eigenvalue weighted by Gasteiger charge is -2.32. The van der Waals surface area contributed by atoms with Crippen LogP contribution in [0.5, 0.6) is 0 Å². The first kappa shape index (κ1) is 11.9. The molecular weight excluding hydrogens is 178 g/mol. The van der Waals surface area contributed by atoms with Gasteiger partial charge in [-0.2, -0.15) is 0 Å². The second kappa shape index (κ2) is 4.78. The summed E-state index contributed by atoms with van der Waals surface area (Å²) in [5, 5.41) is 27.4. The Kier molecular flexibility index (Phi) is 4.36. The largest absolute Gasteiger partial charge is 0.544 e. The number of likely N-dealkylation sites (N-methyl/N-ethyl adjacent to an activating group) is 1. The smallest absolute Gasteiger partial charge is 0.359 e. The van der Waals surface area contributed by atoms with Crippen molar-refractivity contribution >= 4 is 11.9 Å². The number of aliphatic carboxylic acids is 2. The Bertz CT molecular complexity index is 187. The van der Waals surface area contributed by atoms with Crippen molar-refractivity contribution in [3.63, 3.8) is 0 Å². The van der Waals surface area contributed by atoms with Crippen LogP contribution in [0.15, 0.2) is 0 Å². The minimum absolute atomic E-state index is 0.0836. The van der Waals surface area contributed by atoms with Gasteiger partial charge in [0.25, 0.3) is 0 Å². The van der Waals surface area contributed by atoms with Gasteiger partial charge in [-0.05, 0) is 0 Å². The quantitative estimate of drug-likeness (QED) is 0.444. The third kappa shape index (κ3) is 5.15. The maximum absolute atomic E-state index is 10.4. The molecule has 0 aromatic heterocycles. The van der Waals surface area contributed by atoms with Crippen LogP contribution in [-0.2, 0) is 9.59 Å². The normalized spacial score (nSPS) is 14.9. The maximum atomic E-state index is 10.4. The zero-order valence-corrected chi connectivity index (χ0v) is 7.39. The van der Waals surface area contributed by atoms with Crippen LogP contribution in [0, 0.1) is 0 Å². The van der Waals surface area contributed by atoms with Crippen LogP contribution in [0.2, 0.25) is 0 Å². The molecule has 1 unspecified atom stereocenters.